The highest BCUT2D eigenvalue weighted by atomic mass is 16.5. The lowest BCUT2D eigenvalue weighted by molar-refractivity contribution is -0.143. The Labute approximate surface area is 563 Å². The molecule has 1 amide bonds. The Morgan fingerprint density at radius 3 is 0.867 bits per heavy atom. The van der Waals surface area contributed by atoms with E-state index in [1.165, 1.54) is 360 Å². The Bertz CT molecular complexity index is 1500. The van der Waals surface area contributed by atoms with Crippen molar-refractivity contribution in [2.24, 2.45) is 0 Å². The molecule has 2 unspecified atom stereocenters. The standard InChI is InChI=1S/C84H159NO5/c1-3-5-7-9-11-13-15-17-19-21-40-44-48-52-56-60-64-68-72-76-82(87)81(80-86)85-83(88)77-73-69-65-61-57-53-49-45-42-38-36-34-32-30-28-26-24-23-25-27-29-31-33-35-37-39-43-47-51-55-59-63-67-71-75-79-90-84(89)78-74-70-66-62-58-54-50-46-41-22-20-18-16-14-12-10-8-6-4-2/h12,14,18,20,25,27,31,33,81-82,86-87H,3-11,13,15-17,19,21-24,26,28-30,32,34-80H2,1-2H3,(H,85,88)/b14-12-,20-18-,27-25-,33-31-. The average Bonchev–Trinajstić information content (AvgIpc) is 3.74. The molecular weight excluding hydrogens is 1100 g/mol. The predicted molar refractivity (Wildman–Crippen MR) is 398 cm³/mol. The van der Waals surface area contributed by atoms with Crippen LogP contribution in [-0.4, -0.2) is 47.4 Å². The van der Waals surface area contributed by atoms with Crippen molar-refractivity contribution in [2.75, 3.05) is 13.2 Å². The van der Waals surface area contributed by atoms with Crippen molar-refractivity contribution in [1.29, 1.82) is 0 Å². The number of hydrogen-bond acceptors (Lipinski definition) is 5. The maximum atomic E-state index is 12.6. The highest BCUT2D eigenvalue weighted by molar-refractivity contribution is 5.76. The lowest BCUT2D eigenvalue weighted by Crippen LogP contribution is -2.45. The van der Waals surface area contributed by atoms with Gasteiger partial charge in [-0.15, -0.1) is 0 Å². The molecule has 0 aromatic heterocycles. The minimum atomic E-state index is -0.664. The molecule has 0 rings (SSSR count). The number of nitrogens with one attached hydrogen (secondary N) is 1. The molecule has 0 saturated heterocycles. The van der Waals surface area contributed by atoms with Gasteiger partial charge >= 0.3 is 5.97 Å². The lowest BCUT2D eigenvalue weighted by atomic mass is 10.0. The Morgan fingerprint density at radius 1 is 0.311 bits per heavy atom. The summed E-state index contributed by atoms with van der Waals surface area (Å²) in [4.78, 5) is 24.7. The molecule has 0 saturated carbocycles. The zero-order valence-electron chi connectivity index (χ0n) is 60.9. The molecule has 0 aromatic carbocycles. The zero-order valence-corrected chi connectivity index (χ0v) is 60.9. The highest BCUT2D eigenvalue weighted by Gasteiger charge is 2.20. The second kappa shape index (κ2) is 79.3. The molecule has 0 bridgehead atoms. The first-order valence-corrected chi connectivity index (χ1v) is 40.9. The van der Waals surface area contributed by atoms with Crippen molar-refractivity contribution in [3.05, 3.63) is 48.6 Å². The number of hydrogen-bond donors (Lipinski definition) is 3. The number of ether oxygens (including phenoxy) is 1. The molecule has 0 aliphatic carbocycles. The minimum absolute atomic E-state index is 0.0136. The van der Waals surface area contributed by atoms with E-state index >= 15 is 0 Å². The predicted octanol–water partition coefficient (Wildman–Crippen LogP) is 27.2. The van der Waals surface area contributed by atoms with Crippen LogP contribution in [0.25, 0.3) is 0 Å². The summed E-state index contributed by atoms with van der Waals surface area (Å²) in [6, 6.07) is -0.541. The Hall–Kier alpha value is -2.18. The molecule has 2 atom stereocenters. The number of carbonyl (C=O) groups is 2. The summed E-state index contributed by atoms with van der Waals surface area (Å²) < 4.78 is 5.51. The SMILES string of the molecule is CCCCC/C=C\C/C=C\CCCCCCCCCCCC(=O)OCCCCCCCCCCCCC/C=C\C/C=C\CCCCCCCCCCCCCCCCCCCC(=O)NC(CO)C(O)CCCCCCCCCCCCCCCCCCCCC. The van der Waals surface area contributed by atoms with E-state index in [1.54, 1.807) is 0 Å². The van der Waals surface area contributed by atoms with Crippen molar-refractivity contribution >= 4 is 11.9 Å². The molecular formula is C84H159NO5. The topological polar surface area (TPSA) is 95.9 Å². The van der Waals surface area contributed by atoms with E-state index in [2.05, 4.69) is 67.8 Å². The molecule has 3 N–H and O–H groups in total. The van der Waals surface area contributed by atoms with Crippen LogP contribution in [0.3, 0.4) is 0 Å². The van der Waals surface area contributed by atoms with E-state index in [0.717, 1.165) is 57.8 Å². The third-order valence-electron chi connectivity index (χ3n) is 19.1. The number of aliphatic hydroxyl groups excluding tert-OH is 2. The first kappa shape index (κ1) is 87.8. The largest absolute Gasteiger partial charge is 0.466 e. The molecule has 0 aliphatic rings. The van der Waals surface area contributed by atoms with Crippen molar-refractivity contribution in [2.45, 2.75) is 463 Å². The normalized spacial score (nSPS) is 12.7. The summed E-state index contributed by atoms with van der Waals surface area (Å²) in [5, 5.41) is 23.4. The van der Waals surface area contributed by atoms with E-state index < -0.39 is 12.1 Å². The molecule has 90 heavy (non-hydrogen) atoms. The highest BCUT2D eigenvalue weighted by Crippen LogP contribution is 2.20. The fourth-order valence-corrected chi connectivity index (χ4v) is 12.9. The van der Waals surface area contributed by atoms with Gasteiger partial charge in [-0.1, -0.05) is 396 Å². The number of amides is 1. The number of aliphatic hydroxyl groups is 2. The van der Waals surface area contributed by atoms with Gasteiger partial charge in [0.15, 0.2) is 0 Å². The van der Waals surface area contributed by atoms with Gasteiger partial charge in [0, 0.05) is 12.8 Å². The zero-order chi connectivity index (χ0) is 64.9. The second-order valence-electron chi connectivity index (χ2n) is 28.1. The van der Waals surface area contributed by atoms with Crippen LogP contribution in [0, 0.1) is 0 Å². The maximum Gasteiger partial charge on any atom is 0.305 e. The number of rotatable bonds is 77. The van der Waals surface area contributed by atoms with Crippen LogP contribution < -0.4 is 5.32 Å². The van der Waals surface area contributed by atoms with Crippen molar-refractivity contribution in [3.8, 4) is 0 Å². The van der Waals surface area contributed by atoms with Crippen LogP contribution in [0.15, 0.2) is 48.6 Å². The summed E-state index contributed by atoms with van der Waals surface area (Å²) in [6.45, 7) is 4.97. The van der Waals surface area contributed by atoms with Gasteiger partial charge in [0.2, 0.25) is 5.91 Å². The number of carbonyl (C=O) groups excluding carboxylic acids is 2. The summed E-state index contributed by atoms with van der Waals surface area (Å²) >= 11 is 0. The molecule has 0 fully saturated rings. The number of allylic oxidation sites excluding steroid dienone is 8. The Kier molecular flexibility index (Phi) is 77.3. The van der Waals surface area contributed by atoms with E-state index in [-0.39, 0.29) is 18.5 Å². The van der Waals surface area contributed by atoms with Crippen molar-refractivity contribution in [1.82, 2.24) is 5.32 Å². The maximum absolute atomic E-state index is 12.6. The van der Waals surface area contributed by atoms with E-state index in [0.29, 0.717) is 25.9 Å². The van der Waals surface area contributed by atoms with Crippen molar-refractivity contribution < 1.29 is 24.5 Å². The third-order valence-corrected chi connectivity index (χ3v) is 19.1. The molecule has 6 nitrogen and oxygen atoms in total. The summed E-state index contributed by atoms with van der Waals surface area (Å²) in [5.41, 5.74) is 0. The second-order valence-corrected chi connectivity index (χ2v) is 28.1. The van der Waals surface area contributed by atoms with Crippen LogP contribution in [0.1, 0.15) is 450 Å². The van der Waals surface area contributed by atoms with E-state index in [4.69, 9.17) is 4.74 Å². The Balaban J connectivity index is 3.36. The molecule has 0 aromatic rings. The van der Waals surface area contributed by atoms with Crippen LogP contribution in [0.5, 0.6) is 0 Å². The smallest absolute Gasteiger partial charge is 0.305 e. The fraction of sp³-hybridized carbons (Fsp3) is 0.881. The van der Waals surface area contributed by atoms with Gasteiger partial charge in [-0.05, 0) is 89.9 Å². The average molecular weight is 1260 g/mol. The first-order chi connectivity index (χ1) is 44.5. The summed E-state index contributed by atoms with van der Waals surface area (Å²) in [6.07, 6.45) is 105. The van der Waals surface area contributed by atoms with Crippen LogP contribution in [0.2, 0.25) is 0 Å². The molecule has 0 spiro atoms. The van der Waals surface area contributed by atoms with Gasteiger partial charge in [-0.25, -0.2) is 0 Å². The molecule has 6 heteroatoms. The van der Waals surface area contributed by atoms with Crippen molar-refractivity contribution in [3.63, 3.8) is 0 Å². The van der Waals surface area contributed by atoms with Gasteiger partial charge in [0.05, 0.1) is 25.4 Å². The van der Waals surface area contributed by atoms with Gasteiger partial charge in [-0.3, -0.25) is 9.59 Å². The number of unbranched alkanes of at least 4 members (excludes halogenated alkanes) is 58. The first-order valence-electron chi connectivity index (χ1n) is 40.9. The van der Waals surface area contributed by atoms with E-state index in [1.807, 2.05) is 0 Å². The summed E-state index contributed by atoms with van der Waals surface area (Å²) in [7, 11) is 0. The quantitative estimate of drug-likeness (QED) is 0.0320. The Morgan fingerprint density at radius 2 is 0.556 bits per heavy atom. The molecule has 0 heterocycles. The lowest BCUT2D eigenvalue weighted by Gasteiger charge is -2.22. The molecule has 0 radical (unpaired) electrons. The van der Waals surface area contributed by atoms with Crippen LogP contribution in [0.4, 0.5) is 0 Å². The minimum Gasteiger partial charge on any atom is -0.466 e. The van der Waals surface area contributed by atoms with Gasteiger partial charge < -0.3 is 20.3 Å². The van der Waals surface area contributed by atoms with E-state index in [9.17, 15) is 19.8 Å². The van der Waals surface area contributed by atoms with Gasteiger partial charge in [0.1, 0.15) is 0 Å². The van der Waals surface area contributed by atoms with Gasteiger partial charge in [-0.2, -0.15) is 0 Å². The fourth-order valence-electron chi connectivity index (χ4n) is 12.9. The van der Waals surface area contributed by atoms with Gasteiger partial charge in [0.25, 0.3) is 0 Å². The van der Waals surface area contributed by atoms with Crippen LogP contribution >= 0.6 is 0 Å². The monoisotopic (exact) mass is 1260 g/mol. The van der Waals surface area contributed by atoms with Crippen LogP contribution in [-0.2, 0) is 14.3 Å². The summed E-state index contributed by atoms with van der Waals surface area (Å²) in [5.74, 6) is -0.0147. The molecule has 530 valence electrons. The third kappa shape index (κ3) is 74.9. The number of esters is 1. The molecule has 0 aliphatic heterocycles.